The number of ether oxygens (including phenoxy) is 1. The number of aromatic amines is 1. The lowest BCUT2D eigenvalue weighted by molar-refractivity contribution is 0.00970. The van der Waals surface area contributed by atoms with Crippen LogP contribution in [0.4, 0.5) is 9.18 Å². The zero-order valence-corrected chi connectivity index (χ0v) is 17.4. The number of rotatable bonds is 4. The van der Waals surface area contributed by atoms with E-state index >= 15 is 0 Å². The molecule has 1 fully saturated rings. The fourth-order valence-corrected chi connectivity index (χ4v) is 3.02. The highest BCUT2D eigenvalue weighted by Gasteiger charge is 2.35. The van der Waals surface area contributed by atoms with E-state index in [9.17, 15) is 14.0 Å². The Morgan fingerprint density at radius 3 is 2.68 bits per heavy atom. The molecule has 10 heteroatoms. The summed E-state index contributed by atoms with van der Waals surface area (Å²) in [7, 11) is 1.37. The molecule has 1 aliphatic heterocycles. The van der Waals surface area contributed by atoms with Gasteiger partial charge in [0.25, 0.3) is 5.91 Å². The number of carbonyl (C=O) groups is 2. The van der Waals surface area contributed by atoms with Crippen molar-refractivity contribution in [2.45, 2.75) is 51.9 Å². The van der Waals surface area contributed by atoms with Crippen molar-refractivity contribution >= 4 is 29.8 Å². The number of aryl methyl sites for hydroxylation is 1. The van der Waals surface area contributed by atoms with Crippen LogP contribution >= 0.6 is 11.6 Å². The summed E-state index contributed by atoms with van der Waals surface area (Å²) in [4.78, 5) is 33.6. The van der Waals surface area contributed by atoms with Gasteiger partial charge < -0.3 is 24.8 Å². The van der Waals surface area contributed by atoms with E-state index in [1.54, 1.807) is 27.7 Å². The first-order valence-electron chi connectivity index (χ1n) is 8.91. The quantitative estimate of drug-likeness (QED) is 0.582. The predicted molar refractivity (Wildman–Crippen MR) is 104 cm³/mol. The van der Waals surface area contributed by atoms with Gasteiger partial charge in [0.2, 0.25) is 0 Å². The average molecular weight is 417 g/mol. The first-order chi connectivity index (χ1) is 13.0. The van der Waals surface area contributed by atoms with Gasteiger partial charge in [0.05, 0.1) is 23.8 Å². The highest BCUT2D eigenvalue weighted by atomic mass is 35.5. The molecule has 0 saturated carbocycles. The molecule has 1 saturated heterocycles. The van der Waals surface area contributed by atoms with Gasteiger partial charge in [0.1, 0.15) is 24.6 Å². The van der Waals surface area contributed by atoms with E-state index in [-0.39, 0.29) is 25.2 Å². The lowest BCUT2D eigenvalue weighted by Gasteiger charge is -2.35. The SMILES string of the molecule is CO/N=C/c1c(C(=O)NC2CCN(C(=O)OC(C)(C)C)C[C@@H]2F)[nH]c(C)c1Cl. The molecule has 0 aromatic carbocycles. The van der Waals surface area contributed by atoms with Crippen molar-refractivity contribution in [3.05, 3.63) is 22.0 Å². The van der Waals surface area contributed by atoms with Gasteiger partial charge in [-0.05, 0) is 34.1 Å². The second-order valence-electron chi connectivity index (χ2n) is 7.58. The van der Waals surface area contributed by atoms with E-state index < -0.39 is 29.8 Å². The highest BCUT2D eigenvalue weighted by molar-refractivity contribution is 6.34. The Labute approximate surface area is 168 Å². The molecule has 0 spiro atoms. The molecule has 1 aromatic rings. The summed E-state index contributed by atoms with van der Waals surface area (Å²) in [5, 5.41) is 6.64. The molecule has 2 amide bonds. The molecule has 2 atom stereocenters. The normalized spacial score (nSPS) is 20.3. The van der Waals surface area contributed by atoms with E-state index in [2.05, 4.69) is 20.3 Å². The first kappa shape index (κ1) is 22.0. The second-order valence-corrected chi connectivity index (χ2v) is 7.96. The van der Waals surface area contributed by atoms with Crippen molar-refractivity contribution in [3.8, 4) is 0 Å². The van der Waals surface area contributed by atoms with E-state index in [1.165, 1.54) is 18.2 Å². The van der Waals surface area contributed by atoms with Gasteiger partial charge in [-0.15, -0.1) is 0 Å². The summed E-state index contributed by atoms with van der Waals surface area (Å²) in [6.07, 6.45) is -0.405. The number of hydrogen-bond acceptors (Lipinski definition) is 5. The minimum absolute atomic E-state index is 0.150. The fraction of sp³-hybridized carbons (Fsp3) is 0.611. The van der Waals surface area contributed by atoms with E-state index in [0.29, 0.717) is 16.3 Å². The fourth-order valence-electron chi connectivity index (χ4n) is 2.83. The summed E-state index contributed by atoms with van der Waals surface area (Å²) >= 11 is 6.18. The third-order valence-electron chi connectivity index (χ3n) is 4.17. The van der Waals surface area contributed by atoms with Crippen LogP contribution in [0.3, 0.4) is 0 Å². The van der Waals surface area contributed by atoms with Crippen molar-refractivity contribution in [3.63, 3.8) is 0 Å². The minimum atomic E-state index is -1.42. The van der Waals surface area contributed by atoms with Crippen molar-refractivity contribution in [1.29, 1.82) is 0 Å². The molecular weight excluding hydrogens is 391 g/mol. The van der Waals surface area contributed by atoms with Gasteiger partial charge in [-0.25, -0.2) is 9.18 Å². The second kappa shape index (κ2) is 8.81. The van der Waals surface area contributed by atoms with Gasteiger partial charge in [0, 0.05) is 17.8 Å². The number of halogens is 2. The topological polar surface area (TPSA) is 96.0 Å². The molecule has 2 N–H and O–H groups in total. The Bertz CT molecular complexity index is 760. The maximum absolute atomic E-state index is 14.6. The van der Waals surface area contributed by atoms with Gasteiger partial charge in [-0.2, -0.15) is 0 Å². The van der Waals surface area contributed by atoms with Crippen molar-refractivity contribution in [2.75, 3.05) is 20.2 Å². The number of nitrogens with zero attached hydrogens (tertiary/aromatic N) is 2. The molecule has 1 aromatic heterocycles. The number of amides is 2. The number of carbonyl (C=O) groups excluding carboxylic acids is 2. The predicted octanol–water partition coefficient (Wildman–Crippen LogP) is 3.03. The third kappa shape index (κ3) is 5.37. The molecule has 0 radical (unpaired) electrons. The number of aromatic nitrogens is 1. The number of nitrogens with one attached hydrogen (secondary N) is 2. The average Bonchev–Trinajstić information content (AvgIpc) is 2.88. The van der Waals surface area contributed by atoms with Crippen molar-refractivity contribution < 1.29 is 23.6 Å². The van der Waals surface area contributed by atoms with Crippen LogP contribution in [-0.2, 0) is 9.57 Å². The number of hydrogen-bond donors (Lipinski definition) is 2. The number of alkyl halides is 1. The molecule has 0 bridgehead atoms. The Kier molecular flexibility index (Phi) is 6.92. The van der Waals surface area contributed by atoms with Gasteiger partial charge in [-0.3, -0.25) is 4.79 Å². The number of piperidine rings is 1. The van der Waals surface area contributed by atoms with Crippen LogP contribution in [0.15, 0.2) is 5.16 Å². The van der Waals surface area contributed by atoms with E-state index in [4.69, 9.17) is 16.3 Å². The van der Waals surface area contributed by atoms with E-state index in [0.717, 1.165) is 0 Å². The number of oxime groups is 1. The lowest BCUT2D eigenvalue weighted by atomic mass is 10.0. The maximum atomic E-state index is 14.6. The summed E-state index contributed by atoms with van der Waals surface area (Å²) in [5.74, 6) is -0.508. The molecule has 1 aliphatic rings. The van der Waals surface area contributed by atoms with Crippen LogP contribution in [0.25, 0.3) is 0 Å². The molecule has 2 rings (SSSR count). The first-order valence-corrected chi connectivity index (χ1v) is 9.28. The summed E-state index contributed by atoms with van der Waals surface area (Å²) in [6, 6.07) is -0.735. The Hall–Kier alpha value is -2.29. The number of H-pyrrole nitrogens is 1. The summed E-state index contributed by atoms with van der Waals surface area (Å²) in [6.45, 7) is 7.09. The third-order valence-corrected chi connectivity index (χ3v) is 4.66. The molecule has 8 nitrogen and oxygen atoms in total. The Balaban J connectivity index is 2.04. The minimum Gasteiger partial charge on any atom is -0.444 e. The van der Waals surface area contributed by atoms with Crippen LogP contribution in [0.5, 0.6) is 0 Å². The lowest BCUT2D eigenvalue weighted by Crippen LogP contribution is -2.54. The van der Waals surface area contributed by atoms with Gasteiger partial charge in [0.15, 0.2) is 0 Å². The Morgan fingerprint density at radius 2 is 2.11 bits per heavy atom. The standard InChI is InChI=1S/C18H26ClFN4O4/c1-10-14(19)11(8-21-27-5)15(22-10)16(25)23-13-6-7-24(9-12(13)20)17(26)28-18(2,3)4/h8,12-13,22H,6-7,9H2,1-5H3,(H,23,25)/b21-8+/t12-,13?/m0/s1. The molecule has 156 valence electrons. The molecule has 0 aliphatic carbocycles. The summed E-state index contributed by atoms with van der Waals surface area (Å²) < 4.78 is 19.9. The smallest absolute Gasteiger partial charge is 0.410 e. The summed E-state index contributed by atoms with van der Waals surface area (Å²) in [5.41, 5.74) is 0.463. The zero-order valence-electron chi connectivity index (χ0n) is 16.6. The molecular formula is C18H26ClFN4O4. The van der Waals surface area contributed by atoms with Gasteiger partial charge in [-0.1, -0.05) is 16.8 Å². The zero-order chi connectivity index (χ0) is 21.1. The van der Waals surface area contributed by atoms with Crippen LogP contribution < -0.4 is 5.32 Å². The highest BCUT2D eigenvalue weighted by Crippen LogP contribution is 2.24. The van der Waals surface area contributed by atoms with Crippen LogP contribution in [0, 0.1) is 6.92 Å². The van der Waals surface area contributed by atoms with Crippen molar-refractivity contribution in [1.82, 2.24) is 15.2 Å². The van der Waals surface area contributed by atoms with E-state index in [1.807, 2.05) is 0 Å². The Morgan fingerprint density at radius 1 is 1.43 bits per heavy atom. The van der Waals surface area contributed by atoms with Crippen molar-refractivity contribution in [2.24, 2.45) is 5.16 Å². The largest absolute Gasteiger partial charge is 0.444 e. The maximum Gasteiger partial charge on any atom is 0.410 e. The van der Waals surface area contributed by atoms with Crippen LogP contribution in [0.2, 0.25) is 5.02 Å². The molecule has 2 heterocycles. The molecule has 1 unspecified atom stereocenters. The molecule has 28 heavy (non-hydrogen) atoms. The van der Waals surface area contributed by atoms with Gasteiger partial charge >= 0.3 is 6.09 Å². The van der Waals surface area contributed by atoms with Crippen LogP contribution in [-0.4, -0.2) is 66.1 Å². The number of likely N-dealkylation sites (tertiary alicyclic amines) is 1. The monoisotopic (exact) mass is 416 g/mol. The van der Waals surface area contributed by atoms with Crippen LogP contribution in [0.1, 0.15) is 48.9 Å².